The van der Waals surface area contributed by atoms with Crippen molar-refractivity contribution in [1.29, 1.82) is 0 Å². The summed E-state index contributed by atoms with van der Waals surface area (Å²) >= 11 is 0. The summed E-state index contributed by atoms with van der Waals surface area (Å²) in [6, 6.07) is 10.9. The molecule has 0 fully saturated rings. The summed E-state index contributed by atoms with van der Waals surface area (Å²) in [5, 5.41) is 7.33. The van der Waals surface area contributed by atoms with Gasteiger partial charge in [-0.25, -0.2) is 0 Å². The molecule has 0 atom stereocenters. The van der Waals surface area contributed by atoms with Gasteiger partial charge in [0, 0.05) is 31.5 Å². The second-order valence-electron chi connectivity index (χ2n) is 5.65. The van der Waals surface area contributed by atoms with Gasteiger partial charge in [0.05, 0.1) is 19.9 Å². The monoisotopic (exact) mass is 352 g/mol. The molecule has 0 saturated heterocycles. The summed E-state index contributed by atoms with van der Waals surface area (Å²) in [5.41, 5.74) is 2.77. The lowest BCUT2D eigenvalue weighted by atomic mass is 10.1. The van der Waals surface area contributed by atoms with E-state index >= 15 is 0 Å². The highest BCUT2D eigenvalue weighted by molar-refractivity contribution is 5.93. The van der Waals surface area contributed by atoms with E-state index in [9.17, 15) is 4.79 Å². The molecule has 0 aliphatic heterocycles. The minimum absolute atomic E-state index is 0.211. The van der Waals surface area contributed by atoms with Crippen molar-refractivity contribution < 1.29 is 14.3 Å². The van der Waals surface area contributed by atoms with Gasteiger partial charge < -0.3 is 14.8 Å². The Hall–Kier alpha value is -3.35. The lowest BCUT2D eigenvalue weighted by molar-refractivity contribution is 0.0941. The number of nitrogens with one attached hydrogen (secondary N) is 1. The van der Waals surface area contributed by atoms with Gasteiger partial charge in [0.1, 0.15) is 17.2 Å². The summed E-state index contributed by atoms with van der Waals surface area (Å²) in [6.45, 7) is 0.398. The van der Waals surface area contributed by atoms with Crippen LogP contribution in [-0.4, -0.2) is 34.9 Å². The van der Waals surface area contributed by atoms with Crippen molar-refractivity contribution in [3.8, 4) is 22.8 Å². The molecule has 1 aromatic carbocycles. The van der Waals surface area contributed by atoms with Gasteiger partial charge in [-0.1, -0.05) is 6.07 Å². The lowest BCUT2D eigenvalue weighted by Crippen LogP contribution is -2.25. The molecule has 2 aromatic heterocycles. The third kappa shape index (κ3) is 3.66. The number of methoxy groups -OCH3 is 2. The van der Waals surface area contributed by atoms with Gasteiger partial charge in [0.25, 0.3) is 5.91 Å². The molecule has 0 radical (unpaired) electrons. The summed E-state index contributed by atoms with van der Waals surface area (Å²) in [6.07, 6.45) is 3.41. The van der Waals surface area contributed by atoms with Gasteiger partial charge in [-0.05, 0) is 35.9 Å². The Kier molecular flexibility index (Phi) is 5.17. The van der Waals surface area contributed by atoms with Crippen LogP contribution in [0.4, 0.5) is 0 Å². The SMILES string of the molecule is COc1ccc(OC)c(-c2cc(C(=O)NCc3cccnc3)n(C)n2)c1. The molecule has 0 bridgehead atoms. The van der Waals surface area contributed by atoms with Crippen molar-refractivity contribution in [3.63, 3.8) is 0 Å². The van der Waals surface area contributed by atoms with Gasteiger partial charge in [0.15, 0.2) is 0 Å². The molecule has 2 heterocycles. The number of nitrogens with zero attached hydrogens (tertiary/aromatic N) is 3. The highest BCUT2D eigenvalue weighted by atomic mass is 16.5. The molecule has 3 rings (SSSR count). The van der Waals surface area contributed by atoms with Crippen molar-refractivity contribution in [2.24, 2.45) is 7.05 Å². The molecule has 0 aliphatic rings. The molecule has 134 valence electrons. The average Bonchev–Trinajstić information content (AvgIpc) is 3.08. The Labute approximate surface area is 151 Å². The van der Waals surface area contributed by atoms with Crippen molar-refractivity contribution in [3.05, 3.63) is 60.0 Å². The first-order valence-corrected chi connectivity index (χ1v) is 8.06. The Bertz CT molecular complexity index is 906. The number of aryl methyl sites for hydroxylation is 1. The van der Waals surface area contributed by atoms with E-state index in [-0.39, 0.29) is 5.91 Å². The van der Waals surface area contributed by atoms with Crippen LogP contribution in [0.1, 0.15) is 16.1 Å². The zero-order valence-corrected chi connectivity index (χ0v) is 14.9. The minimum Gasteiger partial charge on any atom is -0.497 e. The number of pyridine rings is 1. The van der Waals surface area contributed by atoms with Crippen molar-refractivity contribution in [1.82, 2.24) is 20.1 Å². The molecule has 0 saturated carbocycles. The van der Waals surface area contributed by atoms with Crippen molar-refractivity contribution in [2.75, 3.05) is 14.2 Å². The Balaban J connectivity index is 1.84. The first-order valence-electron chi connectivity index (χ1n) is 8.06. The molecule has 0 unspecified atom stereocenters. The van der Waals surface area contributed by atoms with Gasteiger partial charge in [0.2, 0.25) is 0 Å². The standard InChI is InChI=1S/C19H20N4O3/c1-23-17(19(24)21-12-13-5-4-8-20-11-13)10-16(22-23)15-9-14(25-2)6-7-18(15)26-3/h4-11H,12H2,1-3H3,(H,21,24). The van der Waals surface area contributed by atoms with Crippen LogP contribution in [0, 0.1) is 0 Å². The van der Waals surface area contributed by atoms with Crippen LogP contribution in [0.5, 0.6) is 11.5 Å². The number of hydrogen-bond donors (Lipinski definition) is 1. The van der Waals surface area contributed by atoms with E-state index < -0.39 is 0 Å². The van der Waals surface area contributed by atoms with Crippen LogP contribution in [-0.2, 0) is 13.6 Å². The highest BCUT2D eigenvalue weighted by Gasteiger charge is 2.17. The maximum atomic E-state index is 12.5. The van der Waals surface area contributed by atoms with E-state index in [1.165, 1.54) is 0 Å². The third-order valence-corrected chi connectivity index (χ3v) is 3.97. The molecule has 0 aliphatic carbocycles. The summed E-state index contributed by atoms with van der Waals surface area (Å²) < 4.78 is 12.2. The number of aromatic nitrogens is 3. The molecule has 3 aromatic rings. The Morgan fingerprint density at radius 2 is 2.04 bits per heavy atom. The predicted molar refractivity (Wildman–Crippen MR) is 97.2 cm³/mol. The average molecular weight is 352 g/mol. The number of benzene rings is 1. The van der Waals surface area contributed by atoms with Crippen LogP contribution >= 0.6 is 0 Å². The van der Waals surface area contributed by atoms with Gasteiger partial charge in [-0.15, -0.1) is 0 Å². The first-order chi connectivity index (χ1) is 12.6. The fourth-order valence-electron chi connectivity index (χ4n) is 2.60. The van der Waals surface area contributed by atoms with Crippen molar-refractivity contribution >= 4 is 5.91 Å². The molecule has 0 spiro atoms. The molecule has 1 amide bonds. The molecule has 7 heteroatoms. The Morgan fingerprint density at radius 3 is 2.73 bits per heavy atom. The summed E-state index contributed by atoms with van der Waals surface area (Å²) in [4.78, 5) is 16.6. The van der Waals surface area contributed by atoms with Crippen LogP contribution in [0.15, 0.2) is 48.8 Å². The number of hydrogen-bond acceptors (Lipinski definition) is 5. The fourth-order valence-corrected chi connectivity index (χ4v) is 2.60. The van der Waals surface area contributed by atoms with Gasteiger partial charge in [-0.3, -0.25) is 14.5 Å². The number of amides is 1. The number of rotatable bonds is 6. The molecule has 7 nitrogen and oxygen atoms in total. The smallest absolute Gasteiger partial charge is 0.269 e. The second-order valence-corrected chi connectivity index (χ2v) is 5.65. The quantitative estimate of drug-likeness (QED) is 0.737. The normalized spacial score (nSPS) is 10.4. The lowest BCUT2D eigenvalue weighted by Gasteiger charge is -2.08. The van der Waals surface area contributed by atoms with E-state index in [1.807, 2.05) is 30.3 Å². The number of ether oxygens (including phenoxy) is 2. The van der Waals surface area contributed by atoms with Crippen molar-refractivity contribution in [2.45, 2.75) is 6.54 Å². The molecule has 26 heavy (non-hydrogen) atoms. The largest absolute Gasteiger partial charge is 0.497 e. The predicted octanol–water partition coefficient (Wildman–Crippen LogP) is 2.43. The van der Waals surface area contributed by atoms with Gasteiger partial charge in [-0.2, -0.15) is 5.10 Å². The fraction of sp³-hybridized carbons (Fsp3) is 0.211. The zero-order chi connectivity index (χ0) is 18.5. The van der Waals surface area contributed by atoms with Gasteiger partial charge >= 0.3 is 0 Å². The first kappa shape index (κ1) is 17.5. The molecular formula is C19H20N4O3. The second kappa shape index (κ2) is 7.69. The summed E-state index contributed by atoms with van der Waals surface area (Å²) in [5.74, 6) is 1.14. The van der Waals surface area contributed by atoms with E-state index in [0.29, 0.717) is 29.4 Å². The van der Waals surface area contributed by atoms with Crippen LogP contribution in [0.3, 0.4) is 0 Å². The van der Waals surface area contributed by atoms with Crippen LogP contribution < -0.4 is 14.8 Å². The highest BCUT2D eigenvalue weighted by Crippen LogP contribution is 2.32. The topological polar surface area (TPSA) is 78.3 Å². The zero-order valence-electron chi connectivity index (χ0n) is 14.9. The number of carbonyl (C=O) groups is 1. The van der Waals surface area contributed by atoms with E-state index in [1.54, 1.807) is 44.4 Å². The number of carbonyl (C=O) groups excluding carboxylic acids is 1. The molecule has 1 N–H and O–H groups in total. The van der Waals surface area contributed by atoms with E-state index in [0.717, 1.165) is 11.1 Å². The maximum Gasteiger partial charge on any atom is 0.269 e. The Morgan fingerprint density at radius 1 is 1.19 bits per heavy atom. The summed E-state index contributed by atoms with van der Waals surface area (Å²) in [7, 11) is 4.92. The minimum atomic E-state index is -0.211. The van der Waals surface area contributed by atoms with Crippen LogP contribution in [0.2, 0.25) is 0 Å². The maximum absolute atomic E-state index is 12.5. The van der Waals surface area contributed by atoms with Crippen LogP contribution in [0.25, 0.3) is 11.3 Å². The van der Waals surface area contributed by atoms with E-state index in [2.05, 4.69) is 15.4 Å². The van der Waals surface area contributed by atoms with E-state index in [4.69, 9.17) is 9.47 Å². The molecular weight excluding hydrogens is 332 g/mol. The third-order valence-electron chi connectivity index (χ3n) is 3.97.